The lowest BCUT2D eigenvalue weighted by molar-refractivity contribution is 0.413. The molecule has 1 rings (SSSR count). The van der Waals surface area contributed by atoms with Gasteiger partial charge in [0.1, 0.15) is 12.4 Å². The molecule has 3 N–H and O–H groups in total. The molecule has 0 amide bonds. The molecule has 0 aromatic heterocycles. The minimum absolute atomic E-state index is 0.0633. The number of aromatic hydroxyl groups is 1. The minimum atomic E-state index is -0.758. The molecule has 0 radical (unpaired) electrons. The molecule has 0 aliphatic heterocycles. The summed E-state index contributed by atoms with van der Waals surface area (Å²) in [5.74, 6) is 0.0633. The van der Waals surface area contributed by atoms with Crippen molar-refractivity contribution >= 4 is 15.9 Å². The van der Waals surface area contributed by atoms with Crippen LogP contribution < -0.4 is 5.73 Å². The summed E-state index contributed by atoms with van der Waals surface area (Å²) < 4.78 is 13.3. The second-order valence-electron chi connectivity index (χ2n) is 3.33. The van der Waals surface area contributed by atoms with E-state index >= 15 is 0 Å². The van der Waals surface area contributed by atoms with Crippen LogP contribution in [-0.2, 0) is 0 Å². The number of alkyl halides is 1. The third kappa shape index (κ3) is 1.91. The molecule has 0 unspecified atom stereocenters. The van der Waals surface area contributed by atoms with Crippen molar-refractivity contribution in [3.8, 4) is 5.75 Å². The molecule has 0 bridgehead atoms. The standard InChI is InChI=1S/C10H13BrFNO/c1-5-3-8(14)9(7(13)4-12)6(2)10(5)11/h3,7,14H,4,13H2,1-2H3/t7-/m1/s1. The maximum absolute atomic E-state index is 12.4. The Balaban J connectivity index is 3.36. The first-order valence-corrected chi connectivity index (χ1v) is 5.08. The van der Waals surface area contributed by atoms with Crippen LogP contribution in [-0.4, -0.2) is 11.8 Å². The molecule has 4 heteroatoms. The van der Waals surface area contributed by atoms with Crippen molar-refractivity contribution in [1.29, 1.82) is 0 Å². The van der Waals surface area contributed by atoms with Gasteiger partial charge >= 0.3 is 0 Å². The van der Waals surface area contributed by atoms with Crippen LogP contribution in [0.4, 0.5) is 4.39 Å². The van der Waals surface area contributed by atoms with E-state index in [0.29, 0.717) is 5.56 Å². The highest BCUT2D eigenvalue weighted by Gasteiger charge is 2.16. The first-order chi connectivity index (χ1) is 6.49. The summed E-state index contributed by atoms with van der Waals surface area (Å²) in [7, 11) is 0. The summed E-state index contributed by atoms with van der Waals surface area (Å²) >= 11 is 3.37. The Morgan fingerprint density at radius 3 is 2.64 bits per heavy atom. The van der Waals surface area contributed by atoms with Gasteiger partial charge in [0.25, 0.3) is 0 Å². The number of hydrogen-bond donors (Lipinski definition) is 2. The predicted molar refractivity (Wildman–Crippen MR) is 58.2 cm³/mol. The van der Waals surface area contributed by atoms with E-state index in [1.165, 1.54) is 0 Å². The smallest absolute Gasteiger partial charge is 0.121 e. The van der Waals surface area contributed by atoms with Gasteiger partial charge in [-0.1, -0.05) is 15.9 Å². The monoisotopic (exact) mass is 261 g/mol. The number of halogens is 2. The zero-order valence-electron chi connectivity index (χ0n) is 8.14. The maximum atomic E-state index is 12.4. The van der Waals surface area contributed by atoms with Crippen LogP contribution >= 0.6 is 15.9 Å². The molecule has 14 heavy (non-hydrogen) atoms. The van der Waals surface area contributed by atoms with E-state index in [2.05, 4.69) is 15.9 Å². The average molecular weight is 262 g/mol. The number of benzene rings is 1. The molecule has 0 spiro atoms. The molecule has 0 saturated heterocycles. The molecule has 1 atom stereocenters. The molecular formula is C10H13BrFNO. The van der Waals surface area contributed by atoms with Crippen molar-refractivity contribution in [3.63, 3.8) is 0 Å². The highest BCUT2D eigenvalue weighted by molar-refractivity contribution is 9.10. The normalized spacial score (nSPS) is 12.9. The summed E-state index contributed by atoms with van der Waals surface area (Å²) in [6, 6.07) is 0.828. The second-order valence-corrected chi connectivity index (χ2v) is 4.12. The van der Waals surface area contributed by atoms with Crippen molar-refractivity contribution in [2.24, 2.45) is 5.73 Å². The first-order valence-electron chi connectivity index (χ1n) is 4.29. The zero-order chi connectivity index (χ0) is 10.9. The largest absolute Gasteiger partial charge is 0.508 e. The van der Waals surface area contributed by atoms with Gasteiger partial charge in [0, 0.05) is 10.0 Å². The molecule has 1 aromatic carbocycles. The summed E-state index contributed by atoms with van der Waals surface area (Å²) in [5.41, 5.74) is 7.75. The number of phenolic OH excluding ortho intramolecular Hbond substituents is 1. The Kier molecular flexibility index (Phi) is 3.50. The highest BCUT2D eigenvalue weighted by atomic mass is 79.9. The van der Waals surface area contributed by atoms with Crippen molar-refractivity contribution in [2.75, 3.05) is 6.67 Å². The van der Waals surface area contributed by atoms with E-state index in [4.69, 9.17) is 5.73 Å². The van der Waals surface area contributed by atoms with Gasteiger partial charge in [-0.2, -0.15) is 0 Å². The maximum Gasteiger partial charge on any atom is 0.121 e. The molecule has 0 saturated carbocycles. The SMILES string of the molecule is Cc1cc(O)c([C@H](N)CF)c(C)c1Br. The van der Waals surface area contributed by atoms with E-state index in [1.807, 2.05) is 13.8 Å². The Bertz CT molecular complexity index is 354. The molecule has 0 fully saturated rings. The summed E-state index contributed by atoms with van der Waals surface area (Å²) in [6.07, 6.45) is 0. The van der Waals surface area contributed by atoms with Gasteiger partial charge < -0.3 is 10.8 Å². The van der Waals surface area contributed by atoms with Crippen LogP contribution in [0.5, 0.6) is 5.75 Å². The quantitative estimate of drug-likeness (QED) is 0.860. The van der Waals surface area contributed by atoms with Crippen molar-refractivity contribution in [2.45, 2.75) is 19.9 Å². The molecule has 0 aliphatic carbocycles. The van der Waals surface area contributed by atoms with Gasteiger partial charge in [-0.05, 0) is 31.0 Å². The summed E-state index contributed by atoms with van der Waals surface area (Å²) in [6.45, 7) is 2.99. The molecule has 1 aromatic rings. The Hall–Kier alpha value is -0.610. The van der Waals surface area contributed by atoms with E-state index in [-0.39, 0.29) is 5.75 Å². The van der Waals surface area contributed by atoms with E-state index in [1.54, 1.807) is 6.07 Å². The number of phenols is 1. The molecule has 0 aliphatic rings. The minimum Gasteiger partial charge on any atom is -0.508 e. The molecule has 0 heterocycles. The van der Waals surface area contributed by atoms with Gasteiger partial charge in [0.2, 0.25) is 0 Å². The molecule has 2 nitrogen and oxygen atoms in total. The fourth-order valence-electron chi connectivity index (χ4n) is 1.50. The fraction of sp³-hybridized carbons (Fsp3) is 0.400. The van der Waals surface area contributed by atoms with Crippen LogP contribution in [0.1, 0.15) is 22.7 Å². The lowest BCUT2D eigenvalue weighted by Gasteiger charge is -2.16. The van der Waals surface area contributed by atoms with Crippen LogP contribution in [0.25, 0.3) is 0 Å². The predicted octanol–water partition coefficient (Wildman–Crippen LogP) is 2.74. The van der Waals surface area contributed by atoms with E-state index in [0.717, 1.165) is 15.6 Å². The van der Waals surface area contributed by atoms with Gasteiger partial charge in [0.05, 0.1) is 6.04 Å². The Labute approximate surface area is 91.1 Å². The van der Waals surface area contributed by atoms with Crippen LogP contribution in [0.15, 0.2) is 10.5 Å². The van der Waals surface area contributed by atoms with Crippen molar-refractivity contribution in [3.05, 3.63) is 27.2 Å². The summed E-state index contributed by atoms with van der Waals surface area (Å²) in [4.78, 5) is 0. The van der Waals surface area contributed by atoms with Crippen molar-refractivity contribution < 1.29 is 9.50 Å². The first kappa shape index (κ1) is 11.5. The van der Waals surface area contributed by atoms with Crippen LogP contribution in [0.3, 0.4) is 0 Å². The fourth-order valence-corrected chi connectivity index (χ4v) is 1.83. The molecule has 78 valence electrons. The molecular weight excluding hydrogens is 249 g/mol. The second kappa shape index (κ2) is 4.28. The van der Waals surface area contributed by atoms with E-state index < -0.39 is 12.7 Å². The van der Waals surface area contributed by atoms with Crippen LogP contribution in [0.2, 0.25) is 0 Å². The highest BCUT2D eigenvalue weighted by Crippen LogP contribution is 2.34. The van der Waals surface area contributed by atoms with Crippen molar-refractivity contribution in [1.82, 2.24) is 0 Å². The van der Waals surface area contributed by atoms with Gasteiger partial charge in [-0.3, -0.25) is 0 Å². The lowest BCUT2D eigenvalue weighted by atomic mass is 9.99. The Morgan fingerprint density at radius 2 is 2.14 bits per heavy atom. The third-order valence-electron chi connectivity index (χ3n) is 2.25. The van der Waals surface area contributed by atoms with Gasteiger partial charge in [-0.15, -0.1) is 0 Å². The van der Waals surface area contributed by atoms with E-state index in [9.17, 15) is 9.50 Å². The third-order valence-corrected chi connectivity index (χ3v) is 3.47. The van der Waals surface area contributed by atoms with Crippen LogP contribution in [0, 0.1) is 13.8 Å². The summed E-state index contributed by atoms with van der Waals surface area (Å²) in [5, 5.41) is 9.63. The zero-order valence-corrected chi connectivity index (χ0v) is 9.73. The Morgan fingerprint density at radius 1 is 1.57 bits per heavy atom. The van der Waals surface area contributed by atoms with Gasteiger partial charge in [0.15, 0.2) is 0 Å². The average Bonchev–Trinajstić information content (AvgIpc) is 2.14. The lowest BCUT2D eigenvalue weighted by Crippen LogP contribution is -2.14. The topological polar surface area (TPSA) is 46.2 Å². The number of aryl methyl sites for hydroxylation is 1. The van der Waals surface area contributed by atoms with Gasteiger partial charge in [-0.25, -0.2) is 4.39 Å². The number of hydrogen-bond acceptors (Lipinski definition) is 2. The number of rotatable bonds is 2. The number of nitrogens with two attached hydrogens (primary N) is 1.